The molecule has 0 unspecified atom stereocenters. The van der Waals surface area contributed by atoms with Crippen LogP contribution >= 0.6 is 15.9 Å². The van der Waals surface area contributed by atoms with Crippen LogP contribution in [0, 0.1) is 0 Å². The topological polar surface area (TPSA) is 21.3 Å². The van der Waals surface area contributed by atoms with Gasteiger partial charge in [-0.1, -0.05) is 6.07 Å². The first-order valence-electron chi connectivity index (χ1n) is 5.89. The predicted octanol–water partition coefficient (Wildman–Crippen LogP) is 3.49. The van der Waals surface area contributed by atoms with Gasteiger partial charge in [0.25, 0.3) is 0 Å². The van der Waals surface area contributed by atoms with Gasteiger partial charge in [0.05, 0.1) is 10.6 Å². The second-order valence-corrected chi connectivity index (χ2v) is 5.17. The van der Waals surface area contributed by atoms with Crippen LogP contribution in [-0.2, 0) is 6.54 Å². The van der Waals surface area contributed by atoms with Crippen molar-refractivity contribution >= 4 is 15.9 Å². The molecule has 0 aliphatic heterocycles. The summed E-state index contributed by atoms with van der Waals surface area (Å²) in [6.45, 7) is 0.891. The van der Waals surface area contributed by atoms with Gasteiger partial charge in [0.15, 0.2) is 0 Å². The van der Waals surface area contributed by atoms with E-state index in [1.807, 2.05) is 7.05 Å². The lowest BCUT2D eigenvalue weighted by Crippen LogP contribution is -2.11. The molecule has 0 aromatic heterocycles. The van der Waals surface area contributed by atoms with E-state index in [9.17, 15) is 0 Å². The fraction of sp³-hybridized carbons (Fsp3) is 0.538. The second-order valence-electron chi connectivity index (χ2n) is 4.32. The van der Waals surface area contributed by atoms with Crippen LogP contribution in [0.5, 0.6) is 5.75 Å². The zero-order valence-electron chi connectivity index (χ0n) is 9.63. The maximum atomic E-state index is 5.97. The van der Waals surface area contributed by atoms with E-state index in [4.69, 9.17) is 4.74 Å². The molecule has 1 saturated carbocycles. The first-order valence-corrected chi connectivity index (χ1v) is 6.68. The molecule has 0 radical (unpaired) electrons. The quantitative estimate of drug-likeness (QED) is 0.913. The van der Waals surface area contributed by atoms with Gasteiger partial charge in [0.2, 0.25) is 0 Å². The Hall–Kier alpha value is -0.540. The third kappa shape index (κ3) is 2.98. The monoisotopic (exact) mass is 283 g/mol. The minimum atomic E-state index is 0.423. The Morgan fingerprint density at radius 1 is 1.38 bits per heavy atom. The molecular formula is C13H18BrNO. The van der Waals surface area contributed by atoms with Gasteiger partial charge in [0, 0.05) is 6.54 Å². The zero-order chi connectivity index (χ0) is 11.4. The van der Waals surface area contributed by atoms with Crippen molar-refractivity contribution in [2.45, 2.75) is 38.3 Å². The number of ether oxygens (including phenoxy) is 1. The Labute approximate surface area is 106 Å². The predicted molar refractivity (Wildman–Crippen MR) is 69.8 cm³/mol. The largest absolute Gasteiger partial charge is 0.489 e. The third-order valence-electron chi connectivity index (χ3n) is 2.97. The first kappa shape index (κ1) is 11.9. The van der Waals surface area contributed by atoms with Crippen molar-refractivity contribution in [2.75, 3.05) is 7.05 Å². The number of halogens is 1. The molecular weight excluding hydrogens is 266 g/mol. The Kier molecular flexibility index (Phi) is 4.24. The van der Waals surface area contributed by atoms with Crippen LogP contribution in [0.4, 0.5) is 0 Å². The number of rotatable bonds is 4. The van der Waals surface area contributed by atoms with Gasteiger partial charge in [-0.05, 0) is 66.4 Å². The lowest BCUT2D eigenvalue weighted by atomic mass is 10.2. The Morgan fingerprint density at radius 3 is 2.75 bits per heavy atom. The molecule has 1 aromatic carbocycles. The molecule has 0 saturated heterocycles. The summed E-state index contributed by atoms with van der Waals surface area (Å²) in [7, 11) is 1.96. The highest BCUT2D eigenvalue weighted by molar-refractivity contribution is 9.10. The molecule has 1 aliphatic rings. The summed E-state index contributed by atoms with van der Waals surface area (Å²) >= 11 is 3.57. The lowest BCUT2D eigenvalue weighted by Gasteiger charge is -2.15. The van der Waals surface area contributed by atoms with Gasteiger partial charge in [-0.15, -0.1) is 0 Å². The SMILES string of the molecule is CNCc1ccc(OC2CCCC2)c(Br)c1. The maximum Gasteiger partial charge on any atom is 0.133 e. The molecule has 88 valence electrons. The van der Waals surface area contributed by atoms with Crippen LogP contribution in [0.15, 0.2) is 22.7 Å². The molecule has 1 aliphatic carbocycles. The molecule has 0 heterocycles. The highest BCUT2D eigenvalue weighted by Crippen LogP contribution is 2.30. The summed E-state index contributed by atoms with van der Waals surface area (Å²) < 4.78 is 7.03. The summed E-state index contributed by atoms with van der Waals surface area (Å²) in [4.78, 5) is 0. The van der Waals surface area contributed by atoms with Crippen LogP contribution in [0.3, 0.4) is 0 Å². The zero-order valence-corrected chi connectivity index (χ0v) is 11.2. The van der Waals surface area contributed by atoms with Crippen LogP contribution < -0.4 is 10.1 Å². The van der Waals surface area contributed by atoms with Crippen LogP contribution in [-0.4, -0.2) is 13.2 Å². The molecule has 0 amide bonds. The highest BCUT2D eigenvalue weighted by atomic mass is 79.9. The van der Waals surface area contributed by atoms with Gasteiger partial charge in [-0.3, -0.25) is 0 Å². The number of hydrogen-bond acceptors (Lipinski definition) is 2. The van der Waals surface area contributed by atoms with E-state index in [1.165, 1.54) is 31.2 Å². The van der Waals surface area contributed by atoms with E-state index in [2.05, 4.69) is 39.4 Å². The minimum Gasteiger partial charge on any atom is -0.489 e. The lowest BCUT2D eigenvalue weighted by molar-refractivity contribution is 0.208. The van der Waals surface area contributed by atoms with Gasteiger partial charge >= 0.3 is 0 Å². The summed E-state index contributed by atoms with van der Waals surface area (Å²) in [6.07, 6.45) is 5.43. The van der Waals surface area contributed by atoms with Crippen molar-refractivity contribution in [1.82, 2.24) is 5.32 Å². The van der Waals surface area contributed by atoms with Gasteiger partial charge in [0.1, 0.15) is 5.75 Å². The normalized spacial score (nSPS) is 16.6. The van der Waals surface area contributed by atoms with Gasteiger partial charge in [-0.25, -0.2) is 0 Å². The molecule has 1 aromatic rings. The van der Waals surface area contributed by atoms with Crippen LogP contribution in [0.25, 0.3) is 0 Å². The molecule has 0 atom stereocenters. The Balaban J connectivity index is 2.03. The first-order chi connectivity index (χ1) is 7.79. The van der Waals surface area contributed by atoms with E-state index in [1.54, 1.807) is 0 Å². The molecule has 0 bridgehead atoms. The summed E-state index contributed by atoms with van der Waals surface area (Å²) in [5.74, 6) is 0.978. The summed E-state index contributed by atoms with van der Waals surface area (Å²) in [5, 5.41) is 3.14. The van der Waals surface area contributed by atoms with E-state index in [0.29, 0.717) is 6.10 Å². The van der Waals surface area contributed by atoms with Crippen molar-refractivity contribution < 1.29 is 4.74 Å². The van der Waals surface area contributed by atoms with Gasteiger partial charge < -0.3 is 10.1 Å². The second kappa shape index (κ2) is 5.69. The molecule has 0 spiro atoms. The Morgan fingerprint density at radius 2 is 2.12 bits per heavy atom. The van der Waals surface area contributed by atoms with E-state index >= 15 is 0 Å². The van der Waals surface area contributed by atoms with Gasteiger partial charge in [-0.2, -0.15) is 0 Å². The fourth-order valence-electron chi connectivity index (χ4n) is 2.14. The number of nitrogens with one attached hydrogen (secondary N) is 1. The molecule has 1 fully saturated rings. The van der Waals surface area contributed by atoms with Crippen molar-refractivity contribution in [1.29, 1.82) is 0 Å². The van der Waals surface area contributed by atoms with Crippen molar-refractivity contribution in [2.24, 2.45) is 0 Å². The molecule has 2 nitrogen and oxygen atoms in total. The average molecular weight is 284 g/mol. The average Bonchev–Trinajstić information content (AvgIpc) is 2.75. The van der Waals surface area contributed by atoms with E-state index < -0.39 is 0 Å². The van der Waals surface area contributed by atoms with Crippen molar-refractivity contribution in [3.63, 3.8) is 0 Å². The van der Waals surface area contributed by atoms with Crippen molar-refractivity contribution in [3.8, 4) is 5.75 Å². The molecule has 1 N–H and O–H groups in total. The number of hydrogen-bond donors (Lipinski definition) is 1. The maximum absolute atomic E-state index is 5.97. The summed E-state index contributed by atoms with van der Waals surface area (Å²) in [5.41, 5.74) is 1.27. The summed E-state index contributed by atoms with van der Waals surface area (Å²) in [6, 6.07) is 6.31. The van der Waals surface area contributed by atoms with Crippen molar-refractivity contribution in [3.05, 3.63) is 28.2 Å². The standard InChI is InChI=1S/C13H18BrNO/c1-15-9-10-6-7-13(12(14)8-10)16-11-4-2-3-5-11/h6-8,11,15H,2-5,9H2,1H3. The molecule has 16 heavy (non-hydrogen) atoms. The molecule has 3 heteroatoms. The Bertz CT molecular complexity index is 348. The smallest absolute Gasteiger partial charge is 0.133 e. The highest BCUT2D eigenvalue weighted by Gasteiger charge is 2.17. The fourth-order valence-corrected chi connectivity index (χ4v) is 2.66. The van der Waals surface area contributed by atoms with Crippen LogP contribution in [0.2, 0.25) is 0 Å². The number of benzene rings is 1. The minimum absolute atomic E-state index is 0.423. The molecule has 2 rings (SSSR count). The van der Waals surface area contributed by atoms with E-state index in [0.717, 1.165) is 16.8 Å². The van der Waals surface area contributed by atoms with Crippen LogP contribution in [0.1, 0.15) is 31.2 Å². The van der Waals surface area contributed by atoms with E-state index in [-0.39, 0.29) is 0 Å². The third-order valence-corrected chi connectivity index (χ3v) is 3.59.